The fraction of sp³-hybridized carbons (Fsp3) is 0.588. The van der Waals surface area contributed by atoms with Crippen LogP contribution in [0.3, 0.4) is 0 Å². The Morgan fingerprint density at radius 3 is 2.45 bits per heavy atom. The first-order chi connectivity index (χ1) is 9.63. The molecule has 1 aromatic rings. The van der Waals surface area contributed by atoms with E-state index in [2.05, 4.69) is 13.8 Å². The Morgan fingerprint density at radius 2 is 1.90 bits per heavy atom. The van der Waals surface area contributed by atoms with Gasteiger partial charge < -0.3 is 10.0 Å². The molecular weight excluding hydrogens is 250 g/mol. The first kappa shape index (κ1) is 15.0. The minimum absolute atomic E-state index is 0.0588. The maximum Gasteiger partial charge on any atom is 0.230 e. The van der Waals surface area contributed by atoms with Crippen molar-refractivity contribution in [1.82, 2.24) is 4.90 Å². The molecule has 2 rings (SSSR count). The topological polar surface area (TPSA) is 40.5 Å². The van der Waals surface area contributed by atoms with Crippen LogP contribution in [-0.2, 0) is 4.79 Å². The fourth-order valence-corrected chi connectivity index (χ4v) is 2.89. The van der Waals surface area contributed by atoms with Crippen molar-refractivity contribution in [2.75, 3.05) is 13.1 Å². The number of carbonyl (C=O) groups is 1. The standard InChI is InChI=1S/C17H25NO2/c1-3-13(2)16(14-7-5-4-6-8-14)17(20)18-11-9-15(19)10-12-18/h4-8,13,15-16,19H,3,9-12H2,1-2H3. The summed E-state index contributed by atoms with van der Waals surface area (Å²) in [6.45, 7) is 5.64. The van der Waals surface area contributed by atoms with E-state index in [0.29, 0.717) is 31.8 Å². The summed E-state index contributed by atoms with van der Waals surface area (Å²) in [4.78, 5) is 14.8. The lowest BCUT2D eigenvalue weighted by molar-refractivity contribution is -0.136. The molecule has 0 bridgehead atoms. The molecule has 1 N–H and O–H groups in total. The summed E-state index contributed by atoms with van der Waals surface area (Å²) in [5.41, 5.74) is 1.11. The molecule has 0 aromatic heterocycles. The Balaban J connectivity index is 2.17. The van der Waals surface area contributed by atoms with Crippen LogP contribution in [0.15, 0.2) is 30.3 Å². The van der Waals surface area contributed by atoms with Crippen LogP contribution in [-0.4, -0.2) is 35.1 Å². The van der Waals surface area contributed by atoms with Crippen LogP contribution in [0.5, 0.6) is 0 Å². The maximum absolute atomic E-state index is 12.9. The second kappa shape index (κ2) is 6.89. The number of aliphatic hydroxyl groups is 1. The van der Waals surface area contributed by atoms with E-state index in [1.54, 1.807) is 0 Å². The van der Waals surface area contributed by atoms with Gasteiger partial charge in [0.15, 0.2) is 0 Å². The van der Waals surface area contributed by atoms with E-state index in [1.807, 2.05) is 35.2 Å². The average Bonchev–Trinajstić information content (AvgIpc) is 2.49. The molecule has 0 spiro atoms. The molecule has 1 aliphatic rings. The van der Waals surface area contributed by atoms with Crippen LogP contribution >= 0.6 is 0 Å². The van der Waals surface area contributed by atoms with Crippen LogP contribution in [0.25, 0.3) is 0 Å². The Hall–Kier alpha value is -1.35. The van der Waals surface area contributed by atoms with Crippen molar-refractivity contribution in [2.24, 2.45) is 5.92 Å². The number of piperidine rings is 1. The molecule has 1 aliphatic heterocycles. The second-order valence-electron chi connectivity index (χ2n) is 5.83. The minimum Gasteiger partial charge on any atom is -0.393 e. The maximum atomic E-state index is 12.9. The molecular formula is C17H25NO2. The number of hydrogen-bond acceptors (Lipinski definition) is 2. The van der Waals surface area contributed by atoms with Gasteiger partial charge in [0, 0.05) is 13.1 Å². The smallest absolute Gasteiger partial charge is 0.230 e. The summed E-state index contributed by atoms with van der Waals surface area (Å²) >= 11 is 0. The fourth-order valence-electron chi connectivity index (χ4n) is 2.89. The zero-order chi connectivity index (χ0) is 14.5. The molecule has 1 amide bonds. The molecule has 0 radical (unpaired) electrons. The van der Waals surface area contributed by atoms with E-state index >= 15 is 0 Å². The highest BCUT2D eigenvalue weighted by Gasteiger charge is 2.31. The first-order valence-corrected chi connectivity index (χ1v) is 7.65. The summed E-state index contributed by atoms with van der Waals surface area (Å²) < 4.78 is 0. The summed E-state index contributed by atoms with van der Waals surface area (Å²) in [6, 6.07) is 10.1. The molecule has 3 nitrogen and oxygen atoms in total. The third-order valence-electron chi connectivity index (χ3n) is 4.41. The first-order valence-electron chi connectivity index (χ1n) is 7.65. The van der Waals surface area contributed by atoms with Gasteiger partial charge in [0.05, 0.1) is 12.0 Å². The second-order valence-corrected chi connectivity index (χ2v) is 5.83. The molecule has 1 fully saturated rings. The molecule has 110 valence electrons. The summed E-state index contributed by atoms with van der Waals surface area (Å²) in [6.07, 6.45) is 2.15. The molecule has 1 saturated heterocycles. The van der Waals surface area contributed by atoms with E-state index in [0.717, 1.165) is 12.0 Å². The molecule has 0 aliphatic carbocycles. The van der Waals surface area contributed by atoms with Crippen molar-refractivity contribution in [3.05, 3.63) is 35.9 Å². The van der Waals surface area contributed by atoms with E-state index < -0.39 is 0 Å². The van der Waals surface area contributed by atoms with Gasteiger partial charge in [0.2, 0.25) is 5.91 Å². The van der Waals surface area contributed by atoms with E-state index in [4.69, 9.17) is 0 Å². The quantitative estimate of drug-likeness (QED) is 0.918. The third kappa shape index (κ3) is 3.40. The van der Waals surface area contributed by atoms with Gasteiger partial charge >= 0.3 is 0 Å². The predicted octanol–water partition coefficient (Wildman–Crippen LogP) is 2.80. The van der Waals surface area contributed by atoms with Crippen molar-refractivity contribution in [1.29, 1.82) is 0 Å². The van der Waals surface area contributed by atoms with Gasteiger partial charge in [-0.05, 0) is 24.3 Å². The number of hydrogen-bond donors (Lipinski definition) is 1. The highest BCUT2D eigenvalue weighted by atomic mass is 16.3. The van der Waals surface area contributed by atoms with Crippen molar-refractivity contribution in [3.8, 4) is 0 Å². The molecule has 1 aromatic carbocycles. The average molecular weight is 275 g/mol. The number of rotatable bonds is 4. The number of benzene rings is 1. The van der Waals surface area contributed by atoms with Crippen LogP contribution in [0.2, 0.25) is 0 Å². The van der Waals surface area contributed by atoms with Gasteiger partial charge in [-0.3, -0.25) is 4.79 Å². The van der Waals surface area contributed by atoms with Gasteiger partial charge in [-0.15, -0.1) is 0 Å². The van der Waals surface area contributed by atoms with Crippen molar-refractivity contribution >= 4 is 5.91 Å². The Morgan fingerprint density at radius 1 is 1.30 bits per heavy atom. The Bertz CT molecular complexity index is 424. The lowest BCUT2D eigenvalue weighted by Crippen LogP contribution is -2.43. The van der Waals surface area contributed by atoms with Crippen molar-refractivity contribution in [3.63, 3.8) is 0 Å². The van der Waals surface area contributed by atoms with Gasteiger partial charge in [0.1, 0.15) is 0 Å². The minimum atomic E-state index is -0.238. The van der Waals surface area contributed by atoms with E-state index in [9.17, 15) is 9.90 Å². The molecule has 2 unspecified atom stereocenters. The molecule has 2 atom stereocenters. The Labute approximate surface area is 121 Å². The summed E-state index contributed by atoms with van der Waals surface area (Å²) in [7, 11) is 0. The predicted molar refractivity (Wildman–Crippen MR) is 80.5 cm³/mol. The highest BCUT2D eigenvalue weighted by molar-refractivity contribution is 5.84. The number of carbonyl (C=O) groups excluding carboxylic acids is 1. The number of likely N-dealkylation sites (tertiary alicyclic amines) is 1. The lowest BCUT2D eigenvalue weighted by Gasteiger charge is -2.34. The van der Waals surface area contributed by atoms with E-state index in [1.165, 1.54) is 0 Å². The normalized spacial score (nSPS) is 19.6. The molecule has 0 saturated carbocycles. The van der Waals surface area contributed by atoms with Crippen LogP contribution in [0, 0.1) is 5.92 Å². The van der Waals surface area contributed by atoms with Gasteiger partial charge in [-0.25, -0.2) is 0 Å². The van der Waals surface area contributed by atoms with Crippen molar-refractivity contribution in [2.45, 2.75) is 45.1 Å². The zero-order valence-corrected chi connectivity index (χ0v) is 12.5. The lowest BCUT2D eigenvalue weighted by atomic mass is 9.84. The van der Waals surface area contributed by atoms with Crippen molar-refractivity contribution < 1.29 is 9.90 Å². The number of aliphatic hydroxyl groups excluding tert-OH is 1. The number of nitrogens with zero attached hydrogens (tertiary/aromatic N) is 1. The summed E-state index contributed by atoms with van der Waals surface area (Å²) in [5, 5.41) is 9.58. The Kier molecular flexibility index (Phi) is 5.18. The van der Waals surface area contributed by atoms with Crippen LogP contribution < -0.4 is 0 Å². The molecule has 20 heavy (non-hydrogen) atoms. The molecule has 3 heteroatoms. The SMILES string of the molecule is CCC(C)C(C(=O)N1CCC(O)CC1)c1ccccc1. The zero-order valence-electron chi connectivity index (χ0n) is 12.5. The highest BCUT2D eigenvalue weighted by Crippen LogP contribution is 2.30. The van der Waals surface area contributed by atoms with Gasteiger partial charge in [-0.2, -0.15) is 0 Å². The monoisotopic (exact) mass is 275 g/mol. The van der Waals surface area contributed by atoms with Gasteiger partial charge in [0.25, 0.3) is 0 Å². The van der Waals surface area contributed by atoms with E-state index in [-0.39, 0.29) is 17.9 Å². The largest absolute Gasteiger partial charge is 0.393 e. The molecule has 1 heterocycles. The summed E-state index contributed by atoms with van der Waals surface area (Å²) in [5.74, 6) is 0.491. The van der Waals surface area contributed by atoms with Crippen LogP contribution in [0.1, 0.15) is 44.6 Å². The number of amides is 1. The van der Waals surface area contributed by atoms with Gasteiger partial charge in [-0.1, -0.05) is 50.6 Å². The third-order valence-corrected chi connectivity index (χ3v) is 4.41. The van der Waals surface area contributed by atoms with Crippen LogP contribution in [0.4, 0.5) is 0 Å².